The quantitative estimate of drug-likeness (QED) is 0.562. The van der Waals surface area contributed by atoms with Crippen LogP contribution in [0.25, 0.3) is 0 Å². The van der Waals surface area contributed by atoms with Crippen molar-refractivity contribution in [1.29, 1.82) is 0 Å². The summed E-state index contributed by atoms with van der Waals surface area (Å²) in [6.07, 6.45) is 2.65. The van der Waals surface area contributed by atoms with Crippen molar-refractivity contribution in [2.45, 2.75) is 6.54 Å². The summed E-state index contributed by atoms with van der Waals surface area (Å²) in [5, 5.41) is 21.3. The molecular weight excluding hydrogens is 331 g/mol. The molecule has 0 saturated carbocycles. The van der Waals surface area contributed by atoms with E-state index in [1.54, 1.807) is 29.1 Å². The molecular formula is C15H13FN6O3. The Morgan fingerprint density at radius 2 is 2.04 bits per heavy atom. The van der Waals surface area contributed by atoms with Gasteiger partial charge in [0, 0.05) is 19.3 Å². The van der Waals surface area contributed by atoms with Crippen LogP contribution < -0.4 is 5.32 Å². The first kappa shape index (κ1) is 16.3. The van der Waals surface area contributed by atoms with Crippen LogP contribution in [0.4, 0.5) is 15.9 Å². The summed E-state index contributed by atoms with van der Waals surface area (Å²) in [5.74, 6) is -0.767. The zero-order valence-corrected chi connectivity index (χ0v) is 13.1. The first-order valence-corrected chi connectivity index (χ1v) is 7.19. The average Bonchev–Trinajstić information content (AvgIpc) is 3.16. The normalized spacial score (nSPS) is 10.6. The van der Waals surface area contributed by atoms with Crippen molar-refractivity contribution >= 4 is 17.4 Å². The minimum atomic E-state index is -0.682. The van der Waals surface area contributed by atoms with Gasteiger partial charge in [0.2, 0.25) is 5.69 Å². The largest absolute Gasteiger partial charge is 0.320 e. The average molecular weight is 344 g/mol. The third-order valence-electron chi connectivity index (χ3n) is 3.47. The molecule has 0 aliphatic rings. The number of halogens is 1. The van der Waals surface area contributed by atoms with Crippen LogP contribution >= 0.6 is 0 Å². The molecule has 2 aromatic heterocycles. The fraction of sp³-hybridized carbons (Fsp3) is 0.133. The van der Waals surface area contributed by atoms with E-state index in [1.807, 2.05) is 0 Å². The van der Waals surface area contributed by atoms with Gasteiger partial charge in [-0.05, 0) is 17.7 Å². The second-order valence-corrected chi connectivity index (χ2v) is 5.24. The highest BCUT2D eigenvalue weighted by molar-refractivity contribution is 6.05. The first-order chi connectivity index (χ1) is 11.9. The molecule has 3 rings (SSSR count). The van der Waals surface area contributed by atoms with Gasteiger partial charge in [0.1, 0.15) is 12.0 Å². The summed E-state index contributed by atoms with van der Waals surface area (Å²) in [5.41, 5.74) is 0.286. The van der Waals surface area contributed by atoms with E-state index in [0.29, 0.717) is 6.54 Å². The van der Waals surface area contributed by atoms with E-state index in [9.17, 15) is 19.3 Å². The molecule has 1 N–H and O–H groups in total. The highest BCUT2D eigenvalue weighted by Gasteiger charge is 2.25. The zero-order chi connectivity index (χ0) is 18.0. The fourth-order valence-corrected chi connectivity index (χ4v) is 2.29. The van der Waals surface area contributed by atoms with Gasteiger partial charge in [0.05, 0.1) is 11.5 Å². The maximum atomic E-state index is 12.9. The standard InChI is InChI=1S/C15H13FN6O3/c1-20-14(12(8-17-20)22(24)25)15(23)18-13-6-7-21(19-13)9-10-2-4-11(16)5-3-10/h2-8H,9H2,1H3,(H,18,19,23). The molecule has 0 spiro atoms. The predicted octanol–water partition coefficient (Wildman–Crippen LogP) is 1.96. The number of anilines is 1. The van der Waals surface area contributed by atoms with Crippen LogP contribution in [-0.4, -0.2) is 30.4 Å². The SMILES string of the molecule is Cn1ncc([N+](=O)[O-])c1C(=O)Nc1ccn(Cc2ccc(F)cc2)n1. The number of carbonyl (C=O) groups excluding carboxylic acids is 1. The molecule has 3 aromatic rings. The van der Waals surface area contributed by atoms with Crippen LogP contribution in [0.5, 0.6) is 0 Å². The maximum Gasteiger partial charge on any atom is 0.320 e. The lowest BCUT2D eigenvalue weighted by atomic mass is 10.2. The van der Waals surface area contributed by atoms with Crippen LogP contribution in [0.3, 0.4) is 0 Å². The van der Waals surface area contributed by atoms with Gasteiger partial charge in [0.15, 0.2) is 5.82 Å². The van der Waals surface area contributed by atoms with Crippen molar-refractivity contribution in [2.24, 2.45) is 7.05 Å². The van der Waals surface area contributed by atoms with Gasteiger partial charge in [-0.25, -0.2) is 4.39 Å². The Morgan fingerprint density at radius 1 is 1.32 bits per heavy atom. The molecule has 1 amide bonds. The maximum absolute atomic E-state index is 12.9. The van der Waals surface area contributed by atoms with Crippen LogP contribution in [0.2, 0.25) is 0 Å². The summed E-state index contributed by atoms with van der Waals surface area (Å²) in [6, 6.07) is 7.53. The Hall–Kier alpha value is -3.56. The third-order valence-corrected chi connectivity index (χ3v) is 3.47. The number of aromatic nitrogens is 4. The summed E-state index contributed by atoms with van der Waals surface area (Å²) in [7, 11) is 1.44. The Bertz CT molecular complexity index is 931. The van der Waals surface area contributed by atoms with E-state index in [4.69, 9.17) is 0 Å². The number of benzene rings is 1. The molecule has 0 unspecified atom stereocenters. The molecule has 10 heteroatoms. The molecule has 0 aliphatic heterocycles. The van der Waals surface area contributed by atoms with E-state index >= 15 is 0 Å². The lowest BCUT2D eigenvalue weighted by Crippen LogP contribution is -2.18. The van der Waals surface area contributed by atoms with Gasteiger partial charge in [-0.3, -0.25) is 24.3 Å². The van der Waals surface area contributed by atoms with Gasteiger partial charge < -0.3 is 5.32 Å². The number of nitrogens with zero attached hydrogens (tertiary/aromatic N) is 5. The number of rotatable bonds is 5. The second-order valence-electron chi connectivity index (χ2n) is 5.24. The Morgan fingerprint density at radius 3 is 2.72 bits per heavy atom. The van der Waals surface area contributed by atoms with Crippen molar-refractivity contribution in [1.82, 2.24) is 19.6 Å². The predicted molar refractivity (Wildman–Crippen MR) is 85.5 cm³/mol. The molecule has 1 aromatic carbocycles. The van der Waals surface area contributed by atoms with E-state index < -0.39 is 10.8 Å². The van der Waals surface area contributed by atoms with Crippen molar-refractivity contribution in [2.75, 3.05) is 5.32 Å². The van der Waals surface area contributed by atoms with Crippen molar-refractivity contribution < 1.29 is 14.1 Å². The molecule has 0 aliphatic carbocycles. The van der Waals surface area contributed by atoms with Gasteiger partial charge in [-0.2, -0.15) is 10.2 Å². The van der Waals surface area contributed by atoms with Gasteiger partial charge in [-0.15, -0.1) is 0 Å². The van der Waals surface area contributed by atoms with E-state index in [1.165, 1.54) is 19.2 Å². The zero-order valence-electron chi connectivity index (χ0n) is 13.1. The molecule has 0 bridgehead atoms. The van der Waals surface area contributed by atoms with Crippen molar-refractivity contribution in [3.63, 3.8) is 0 Å². The summed E-state index contributed by atoms with van der Waals surface area (Å²) in [4.78, 5) is 22.5. The van der Waals surface area contributed by atoms with Crippen molar-refractivity contribution in [3.05, 3.63) is 69.9 Å². The van der Waals surface area contributed by atoms with Crippen LogP contribution in [0.15, 0.2) is 42.7 Å². The molecule has 128 valence electrons. The van der Waals surface area contributed by atoms with Gasteiger partial charge in [0.25, 0.3) is 5.91 Å². The molecule has 0 atom stereocenters. The Labute approximate surface area is 140 Å². The fourth-order valence-electron chi connectivity index (χ4n) is 2.29. The second kappa shape index (κ2) is 6.51. The lowest BCUT2D eigenvalue weighted by molar-refractivity contribution is -0.385. The number of nitro groups is 1. The van der Waals surface area contributed by atoms with Crippen LogP contribution in [0, 0.1) is 15.9 Å². The highest BCUT2D eigenvalue weighted by atomic mass is 19.1. The molecule has 9 nitrogen and oxygen atoms in total. The minimum Gasteiger partial charge on any atom is -0.304 e. The number of hydrogen-bond donors (Lipinski definition) is 1. The lowest BCUT2D eigenvalue weighted by Gasteiger charge is -2.03. The Balaban J connectivity index is 1.73. The highest BCUT2D eigenvalue weighted by Crippen LogP contribution is 2.18. The van der Waals surface area contributed by atoms with E-state index in [-0.39, 0.29) is 23.0 Å². The van der Waals surface area contributed by atoms with E-state index in [2.05, 4.69) is 15.5 Å². The van der Waals surface area contributed by atoms with Crippen molar-refractivity contribution in [3.8, 4) is 0 Å². The molecule has 0 fully saturated rings. The topological polar surface area (TPSA) is 108 Å². The number of hydrogen-bond acceptors (Lipinski definition) is 5. The van der Waals surface area contributed by atoms with Crippen LogP contribution in [0.1, 0.15) is 16.1 Å². The third kappa shape index (κ3) is 3.52. The first-order valence-electron chi connectivity index (χ1n) is 7.19. The Kier molecular flexibility index (Phi) is 4.25. The number of aryl methyl sites for hydroxylation is 1. The summed E-state index contributed by atoms with van der Waals surface area (Å²) >= 11 is 0. The summed E-state index contributed by atoms with van der Waals surface area (Å²) in [6.45, 7) is 0.391. The number of amides is 1. The molecule has 0 saturated heterocycles. The minimum absolute atomic E-state index is 0.168. The summed E-state index contributed by atoms with van der Waals surface area (Å²) < 4.78 is 15.6. The molecule has 2 heterocycles. The smallest absolute Gasteiger partial charge is 0.304 e. The van der Waals surface area contributed by atoms with Gasteiger partial charge >= 0.3 is 5.69 Å². The van der Waals surface area contributed by atoms with Gasteiger partial charge in [-0.1, -0.05) is 12.1 Å². The van der Waals surface area contributed by atoms with E-state index in [0.717, 1.165) is 16.4 Å². The molecule has 25 heavy (non-hydrogen) atoms. The number of carbonyl (C=O) groups is 1. The number of nitrogens with one attached hydrogen (secondary N) is 1. The monoisotopic (exact) mass is 344 g/mol. The molecule has 0 radical (unpaired) electrons. The van der Waals surface area contributed by atoms with Crippen LogP contribution in [-0.2, 0) is 13.6 Å².